The molecule has 2 unspecified atom stereocenters. The summed E-state index contributed by atoms with van der Waals surface area (Å²) in [4.78, 5) is 10.7. The summed E-state index contributed by atoms with van der Waals surface area (Å²) in [5.74, 6) is 0. The molecule has 0 bridgehead atoms. The summed E-state index contributed by atoms with van der Waals surface area (Å²) in [7, 11) is -1.23. The molecule has 0 aromatic carbocycles. The maximum absolute atomic E-state index is 12.4. The second-order valence-corrected chi connectivity index (χ2v) is 4.97. The fraction of sp³-hybridized carbons (Fsp3) is 0.375. The molecule has 84 valence electrons. The Morgan fingerprint density at radius 3 is 2.33 bits per heavy atom. The van der Waals surface area contributed by atoms with Crippen LogP contribution in [0.15, 0.2) is 23.0 Å². The highest BCUT2D eigenvalue weighted by molar-refractivity contribution is 8.22. The molecule has 1 fully saturated rings. The highest BCUT2D eigenvalue weighted by atomic mass is 32.2. The lowest BCUT2D eigenvalue weighted by Crippen LogP contribution is -2.36. The van der Waals surface area contributed by atoms with Gasteiger partial charge in [-0.15, -0.1) is 0 Å². The monoisotopic (exact) mass is 240 g/mol. The van der Waals surface area contributed by atoms with E-state index in [2.05, 4.69) is 9.47 Å². The molecule has 0 aromatic rings. The molecule has 7 heteroatoms. The van der Waals surface area contributed by atoms with Crippen LogP contribution in [0.1, 0.15) is 0 Å². The van der Waals surface area contributed by atoms with Gasteiger partial charge in [0.25, 0.3) is 0 Å². The van der Waals surface area contributed by atoms with E-state index in [-0.39, 0.29) is 0 Å². The number of alkyl halides is 3. The van der Waals surface area contributed by atoms with Gasteiger partial charge in [-0.1, -0.05) is 12.2 Å². The van der Waals surface area contributed by atoms with Crippen LogP contribution in [0.25, 0.3) is 0 Å². The lowest BCUT2D eigenvalue weighted by Gasteiger charge is -2.23. The van der Waals surface area contributed by atoms with E-state index >= 15 is 0 Å². The van der Waals surface area contributed by atoms with Crippen molar-refractivity contribution in [2.45, 2.75) is 17.7 Å². The van der Waals surface area contributed by atoms with Crippen LogP contribution < -0.4 is 0 Å². The lowest BCUT2D eigenvalue weighted by molar-refractivity contribution is -0.196. The standard InChI is InChI=1S/C8H7F3O3S/c9-8(10,11)5-6(14-7(12)13-5)15-3-1-2-4-15/h1-6,15H. The molecule has 2 aliphatic rings. The number of allylic oxidation sites excluding steroid dienone is 2. The molecule has 0 spiro atoms. The van der Waals surface area contributed by atoms with Crippen molar-refractivity contribution in [2.24, 2.45) is 0 Å². The molecule has 0 aromatic heterocycles. The molecule has 1 saturated heterocycles. The first-order valence-electron chi connectivity index (χ1n) is 4.05. The second kappa shape index (κ2) is 3.48. The van der Waals surface area contributed by atoms with Crippen LogP contribution in [0.5, 0.6) is 0 Å². The predicted octanol–water partition coefficient (Wildman–Crippen LogP) is 2.45. The normalized spacial score (nSPS) is 31.9. The van der Waals surface area contributed by atoms with Gasteiger partial charge in [-0.3, -0.25) is 0 Å². The fourth-order valence-corrected chi connectivity index (χ4v) is 3.10. The Kier molecular flexibility index (Phi) is 2.41. The van der Waals surface area contributed by atoms with Gasteiger partial charge in [0, 0.05) is 0 Å². The van der Waals surface area contributed by atoms with Gasteiger partial charge >= 0.3 is 12.3 Å². The molecule has 2 rings (SSSR count). The van der Waals surface area contributed by atoms with Gasteiger partial charge in [-0.2, -0.15) is 24.1 Å². The quantitative estimate of drug-likeness (QED) is 0.565. The maximum atomic E-state index is 12.4. The molecular weight excluding hydrogens is 233 g/mol. The van der Waals surface area contributed by atoms with Crippen molar-refractivity contribution >= 4 is 17.1 Å². The van der Waals surface area contributed by atoms with Crippen LogP contribution in [-0.4, -0.2) is 23.9 Å². The number of hydrogen-bond acceptors (Lipinski definition) is 3. The summed E-state index contributed by atoms with van der Waals surface area (Å²) in [5, 5.41) is 3.20. The van der Waals surface area contributed by atoms with Crippen molar-refractivity contribution in [2.75, 3.05) is 0 Å². The van der Waals surface area contributed by atoms with Crippen molar-refractivity contribution < 1.29 is 27.4 Å². The topological polar surface area (TPSA) is 35.5 Å². The van der Waals surface area contributed by atoms with Crippen LogP contribution in [0.4, 0.5) is 18.0 Å². The minimum atomic E-state index is -4.58. The van der Waals surface area contributed by atoms with Crippen LogP contribution >= 0.6 is 10.9 Å². The SMILES string of the molecule is O=C1OC([SH]2C=CC=C2)C(C(F)(F)F)O1. The average Bonchev–Trinajstić information content (AvgIpc) is 2.68. The van der Waals surface area contributed by atoms with Gasteiger partial charge in [0.05, 0.1) is 0 Å². The Morgan fingerprint density at radius 2 is 1.80 bits per heavy atom. The van der Waals surface area contributed by atoms with E-state index in [0.29, 0.717) is 0 Å². The van der Waals surface area contributed by atoms with Gasteiger partial charge in [0.2, 0.25) is 6.10 Å². The Morgan fingerprint density at radius 1 is 1.20 bits per heavy atom. The minimum absolute atomic E-state index is 1.23. The number of thiol groups is 1. The molecule has 3 nitrogen and oxygen atoms in total. The Hall–Kier alpha value is -1.11. The van der Waals surface area contributed by atoms with Gasteiger partial charge in [-0.25, -0.2) is 4.79 Å². The summed E-state index contributed by atoms with van der Waals surface area (Å²) in [6.45, 7) is 0. The van der Waals surface area contributed by atoms with Crippen LogP contribution in [0.2, 0.25) is 0 Å². The zero-order chi connectivity index (χ0) is 11.1. The van der Waals surface area contributed by atoms with E-state index in [4.69, 9.17) is 0 Å². The van der Waals surface area contributed by atoms with Gasteiger partial charge in [0.1, 0.15) is 0 Å². The number of halogens is 3. The van der Waals surface area contributed by atoms with Crippen LogP contribution in [0, 0.1) is 0 Å². The first-order valence-corrected chi connectivity index (χ1v) is 5.60. The van der Waals surface area contributed by atoms with Crippen molar-refractivity contribution in [3.63, 3.8) is 0 Å². The molecule has 15 heavy (non-hydrogen) atoms. The van der Waals surface area contributed by atoms with Gasteiger partial charge in [0.15, 0.2) is 5.44 Å². The third kappa shape index (κ3) is 1.97. The van der Waals surface area contributed by atoms with E-state index in [1.54, 1.807) is 23.0 Å². The number of carbonyl (C=O) groups excluding carboxylic acids is 1. The molecule has 0 amide bonds. The van der Waals surface area contributed by atoms with Crippen LogP contribution in [0.3, 0.4) is 0 Å². The third-order valence-corrected chi connectivity index (χ3v) is 3.94. The predicted molar refractivity (Wildman–Crippen MR) is 48.5 cm³/mol. The van der Waals surface area contributed by atoms with Gasteiger partial charge < -0.3 is 9.47 Å². The van der Waals surface area contributed by atoms with E-state index in [0.717, 1.165) is 0 Å². The molecule has 2 aliphatic heterocycles. The molecule has 0 N–H and O–H groups in total. The average molecular weight is 240 g/mol. The molecule has 0 saturated carbocycles. The van der Waals surface area contributed by atoms with Gasteiger partial charge in [-0.05, 0) is 10.8 Å². The third-order valence-electron chi connectivity index (χ3n) is 1.94. The van der Waals surface area contributed by atoms with E-state index in [9.17, 15) is 18.0 Å². The Bertz CT molecular complexity index is 325. The van der Waals surface area contributed by atoms with Crippen molar-refractivity contribution in [3.05, 3.63) is 23.0 Å². The number of hydrogen-bond donors (Lipinski definition) is 1. The fourth-order valence-electron chi connectivity index (χ4n) is 1.31. The Balaban J connectivity index is 2.18. The van der Waals surface area contributed by atoms with Crippen LogP contribution in [-0.2, 0) is 9.47 Å². The smallest absolute Gasteiger partial charge is 0.417 e. The summed E-state index contributed by atoms with van der Waals surface area (Å²) >= 11 is 0. The first kappa shape index (κ1) is 10.4. The Labute approximate surface area is 85.9 Å². The summed E-state index contributed by atoms with van der Waals surface area (Å²) in [6.07, 6.45) is -4.72. The van der Waals surface area contributed by atoms with Crippen molar-refractivity contribution in [1.82, 2.24) is 0 Å². The van der Waals surface area contributed by atoms with Crippen molar-refractivity contribution in [1.29, 1.82) is 0 Å². The number of ether oxygens (including phenoxy) is 2. The molecule has 2 atom stereocenters. The lowest BCUT2D eigenvalue weighted by atomic mass is 10.4. The highest BCUT2D eigenvalue weighted by Crippen LogP contribution is 2.47. The van der Waals surface area contributed by atoms with E-state index in [1.165, 1.54) is 0 Å². The maximum Gasteiger partial charge on any atom is 0.510 e. The minimum Gasteiger partial charge on any atom is -0.417 e. The summed E-state index contributed by atoms with van der Waals surface area (Å²) < 4.78 is 46.0. The van der Waals surface area contributed by atoms with Crippen molar-refractivity contribution in [3.8, 4) is 0 Å². The largest absolute Gasteiger partial charge is 0.510 e. The molecule has 2 heterocycles. The van der Waals surface area contributed by atoms with E-state index < -0.39 is 34.8 Å². The molecule has 0 aliphatic carbocycles. The second-order valence-electron chi connectivity index (χ2n) is 2.97. The molecular formula is C8H7F3O3S. The number of rotatable bonds is 1. The zero-order valence-corrected chi connectivity index (χ0v) is 8.16. The van der Waals surface area contributed by atoms with E-state index in [1.807, 2.05) is 0 Å². The zero-order valence-electron chi connectivity index (χ0n) is 7.27. The number of carbonyl (C=O) groups is 1. The number of cyclic esters (lactones) is 2. The first-order chi connectivity index (χ1) is 6.98. The molecule has 0 radical (unpaired) electrons. The summed E-state index contributed by atoms with van der Waals surface area (Å²) in [6, 6.07) is 0. The highest BCUT2D eigenvalue weighted by Gasteiger charge is 2.55. The summed E-state index contributed by atoms with van der Waals surface area (Å²) in [5.41, 5.74) is -1.25.